The summed E-state index contributed by atoms with van der Waals surface area (Å²) in [5.41, 5.74) is 1.19. The fourth-order valence-corrected chi connectivity index (χ4v) is 7.05. The molecule has 2 amide bonds. The lowest BCUT2D eigenvalue weighted by molar-refractivity contribution is -0.794. The van der Waals surface area contributed by atoms with Gasteiger partial charge in [0.2, 0.25) is 7.37 Å². The van der Waals surface area contributed by atoms with Crippen molar-refractivity contribution in [2.45, 2.75) is 64.3 Å². The van der Waals surface area contributed by atoms with Gasteiger partial charge < -0.3 is 15.0 Å². The van der Waals surface area contributed by atoms with Crippen molar-refractivity contribution in [1.29, 1.82) is 0 Å². The summed E-state index contributed by atoms with van der Waals surface area (Å²) in [5.74, 6) is -0.400. The molecule has 1 saturated heterocycles. The molecule has 3 N–H and O–H groups in total. The third-order valence-corrected chi connectivity index (χ3v) is 9.09. The number of imide groups is 1. The number of aromatic nitrogens is 2. The summed E-state index contributed by atoms with van der Waals surface area (Å²) in [5, 5.41) is 10.0. The highest BCUT2D eigenvalue weighted by molar-refractivity contribution is 7.58. The number of carboxylic acid groups (broad SMARTS) is 1. The van der Waals surface area contributed by atoms with Gasteiger partial charge in [0, 0.05) is 44.0 Å². The number of likely N-dealkylation sites (tertiary alicyclic amines) is 1. The monoisotopic (exact) mass is 490 g/mol. The topological polar surface area (TPSA) is 120 Å². The van der Waals surface area contributed by atoms with E-state index in [0.29, 0.717) is 38.5 Å². The van der Waals surface area contributed by atoms with Crippen molar-refractivity contribution in [2.75, 3.05) is 18.9 Å². The third-order valence-electron chi connectivity index (χ3n) is 7.06. The minimum Gasteiger partial charge on any atom is -0.435 e. The summed E-state index contributed by atoms with van der Waals surface area (Å²) in [6, 6.07) is 9.66. The Morgan fingerprint density at radius 2 is 1.97 bits per heavy atom. The number of amides is 2. The molecule has 34 heavy (non-hydrogen) atoms. The smallest absolute Gasteiger partial charge is 0.435 e. The van der Waals surface area contributed by atoms with E-state index in [2.05, 4.69) is 9.97 Å². The van der Waals surface area contributed by atoms with Crippen LogP contribution >= 0.6 is 7.37 Å². The van der Waals surface area contributed by atoms with Gasteiger partial charge in [0.25, 0.3) is 0 Å². The number of unbranched alkanes of at least 4 members (excludes halogenated alkanes) is 1. The molecule has 0 bridgehead atoms. The van der Waals surface area contributed by atoms with Gasteiger partial charge in [-0.25, -0.2) is 9.78 Å². The van der Waals surface area contributed by atoms with Gasteiger partial charge in [-0.15, -0.1) is 0 Å². The molecule has 8 nitrogen and oxygen atoms in total. The SMILES string of the molecule is C[C@@H]1CCC[N+]1(C(=O)O)C(=O)C(CCCc1ncc[nH]1)CP(=O)(O)CCCCc1ccccc1. The highest BCUT2D eigenvalue weighted by Gasteiger charge is 2.55. The first-order chi connectivity index (χ1) is 16.2. The van der Waals surface area contributed by atoms with Gasteiger partial charge in [-0.2, -0.15) is 9.28 Å². The average Bonchev–Trinajstić information content (AvgIpc) is 3.46. The second kappa shape index (κ2) is 11.9. The van der Waals surface area contributed by atoms with Gasteiger partial charge in [-0.1, -0.05) is 30.3 Å². The summed E-state index contributed by atoms with van der Waals surface area (Å²) in [7, 11) is -3.59. The number of benzene rings is 1. The molecule has 0 radical (unpaired) electrons. The van der Waals surface area contributed by atoms with E-state index in [1.54, 1.807) is 19.3 Å². The lowest BCUT2D eigenvalue weighted by Gasteiger charge is -2.33. The van der Waals surface area contributed by atoms with E-state index < -0.39 is 29.8 Å². The van der Waals surface area contributed by atoms with Gasteiger partial charge in [-0.3, -0.25) is 4.57 Å². The largest absolute Gasteiger partial charge is 0.521 e. The number of aromatic amines is 1. The van der Waals surface area contributed by atoms with Crippen LogP contribution in [0.1, 0.15) is 56.8 Å². The molecule has 1 aromatic heterocycles. The van der Waals surface area contributed by atoms with Crippen LogP contribution in [0, 0.1) is 5.92 Å². The Balaban J connectivity index is 1.65. The molecule has 0 saturated carbocycles. The lowest BCUT2D eigenvalue weighted by Crippen LogP contribution is -2.61. The molecule has 0 aliphatic carbocycles. The van der Waals surface area contributed by atoms with Gasteiger partial charge in [0.05, 0.1) is 12.5 Å². The number of hydrogen-bond acceptors (Lipinski definition) is 4. The standard InChI is InChI=1S/C25H36N3O5P/c1-20-9-8-17-28(20,25(30)31)24(29)22(13-7-14-23-26-15-16-27-23)19-34(32,33)18-6-5-12-21-10-3-2-4-11-21/h2-4,10-11,15-16,20,22H,5-9,12-14,17-19H2,1H3,(H2-,26,27,30,31,32,33)/p+1/t20-,22?,28?/m1/s1. The van der Waals surface area contributed by atoms with E-state index in [0.717, 1.165) is 18.7 Å². The number of hydrogen-bond donors (Lipinski definition) is 3. The quantitative estimate of drug-likeness (QED) is 0.222. The molecule has 3 unspecified atom stereocenters. The van der Waals surface area contributed by atoms with E-state index in [-0.39, 0.29) is 24.9 Å². The number of aryl methyl sites for hydroxylation is 2. The summed E-state index contributed by atoms with van der Waals surface area (Å²) < 4.78 is 12.5. The second-order valence-electron chi connectivity index (χ2n) is 9.52. The zero-order valence-corrected chi connectivity index (χ0v) is 20.8. The molecule has 3 rings (SSSR count). The molecule has 4 atom stereocenters. The molecule has 1 aliphatic rings. The number of imidazole rings is 1. The molecule has 2 aromatic rings. The normalized spacial score (nSPS) is 22.8. The fourth-order valence-electron chi connectivity index (χ4n) is 5.12. The van der Waals surface area contributed by atoms with Crippen LogP contribution < -0.4 is 0 Å². The molecule has 1 aliphatic heterocycles. The van der Waals surface area contributed by atoms with Crippen LogP contribution in [-0.2, 0) is 22.2 Å². The highest BCUT2D eigenvalue weighted by Crippen LogP contribution is 2.46. The molecular formula is C25H37N3O5P+. The van der Waals surface area contributed by atoms with E-state index >= 15 is 0 Å². The van der Waals surface area contributed by atoms with Crippen molar-refractivity contribution in [2.24, 2.45) is 5.92 Å². The molecule has 9 heteroatoms. The maximum atomic E-state index is 13.6. The zero-order chi connectivity index (χ0) is 24.6. The lowest BCUT2D eigenvalue weighted by atomic mass is 10.00. The summed E-state index contributed by atoms with van der Waals surface area (Å²) in [6.07, 6.45) is 7.32. The Morgan fingerprint density at radius 3 is 2.59 bits per heavy atom. The number of H-pyrrole nitrogens is 1. The van der Waals surface area contributed by atoms with Crippen LogP contribution in [0.3, 0.4) is 0 Å². The third kappa shape index (κ3) is 6.65. The first kappa shape index (κ1) is 26.3. The summed E-state index contributed by atoms with van der Waals surface area (Å²) >= 11 is 0. The van der Waals surface area contributed by atoms with Crippen molar-refractivity contribution in [1.82, 2.24) is 9.97 Å². The number of carbonyl (C=O) groups is 2. The Morgan fingerprint density at radius 1 is 1.21 bits per heavy atom. The Labute approximate surface area is 201 Å². The van der Waals surface area contributed by atoms with Crippen LogP contribution in [0.15, 0.2) is 42.7 Å². The predicted octanol–water partition coefficient (Wildman–Crippen LogP) is 4.85. The summed E-state index contributed by atoms with van der Waals surface area (Å²) in [4.78, 5) is 43.9. The van der Waals surface area contributed by atoms with E-state index in [1.165, 1.54) is 5.56 Å². The van der Waals surface area contributed by atoms with Crippen molar-refractivity contribution < 1.29 is 28.6 Å². The van der Waals surface area contributed by atoms with Gasteiger partial charge in [0.15, 0.2) is 0 Å². The first-order valence-electron chi connectivity index (χ1n) is 12.2. The first-order valence-corrected chi connectivity index (χ1v) is 14.3. The molecule has 1 fully saturated rings. The molecular weight excluding hydrogens is 453 g/mol. The molecule has 186 valence electrons. The Kier molecular flexibility index (Phi) is 9.23. The van der Waals surface area contributed by atoms with Crippen molar-refractivity contribution in [3.63, 3.8) is 0 Å². The van der Waals surface area contributed by atoms with Crippen LogP contribution in [0.25, 0.3) is 0 Å². The van der Waals surface area contributed by atoms with E-state index in [9.17, 15) is 24.2 Å². The zero-order valence-electron chi connectivity index (χ0n) is 19.9. The van der Waals surface area contributed by atoms with Crippen LogP contribution in [-0.4, -0.2) is 61.4 Å². The van der Waals surface area contributed by atoms with Gasteiger partial charge in [-0.05, 0) is 44.6 Å². The van der Waals surface area contributed by atoms with Crippen molar-refractivity contribution in [3.05, 3.63) is 54.1 Å². The maximum absolute atomic E-state index is 13.6. The molecule has 1 aromatic carbocycles. The van der Waals surface area contributed by atoms with Gasteiger partial charge in [0.1, 0.15) is 11.9 Å². The van der Waals surface area contributed by atoms with Crippen molar-refractivity contribution in [3.8, 4) is 0 Å². The van der Waals surface area contributed by atoms with E-state index in [4.69, 9.17) is 0 Å². The van der Waals surface area contributed by atoms with Crippen LogP contribution in [0.4, 0.5) is 4.79 Å². The Bertz CT molecular complexity index is 982. The minimum atomic E-state index is -3.59. The second-order valence-corrected chi connectivity index (χ2v) is 12.0. The number of nitrogens with one attached hydrogen (secondary N) is 1. The van der Waals surface area contributed by atoms with Crippen LogP contribution in [0.2, 0.25) is 0 Å². The molecule has 2 heterocycles. The van der Waals surface area contributed by atoms with Gasteiger partial charge >= 0.3 is 12.0 Å². The van der Waals surface area contributed by atoms with Crippen molar-refractivity contribution >= 4 is 19.4 Å². The number of nitrogens with zero attached hydrogens (tertiary/aromatic N) is 2. The fraction of sp³-hybridized carbons (Fsp3) is 0.560. The average molecular weight is 491 g/mol. The number of quaternary nitrogens is 1. The number of rotatable bonds is 12. The number of carbonyl (C=O) groups excluding carboxylic acids is 1. The predicted molar refractivity (Wildman–Crippen MR) is 131 cm³/mol. The Hall–Kier alpha value is -2.28. The van der Waals surface area contributed by atoms with Crippen LogP contribution in [0.5, 0.6) is 0 Å². The highest BCUT2D eigenvalue weighted by atomic mass is 31.2. The van der Waals surface area contributed by atoms with E-state index in [1.807, 2.05) is 30.3 Å². The maximum Gasteiger partial charge on any atom is 0.521 e. The minimum absolute atomic E-state index is 0.143. The molecule has 0 spiro atoms. The summed E-state index contributed by atoms with van der Waals surface area (Å²) in [6.45, 7) is 2.04.